The maximum Gasteiger partial charge on any atom is 0.281 e. The molecule has 3 aromatic carbocycles. The van der Waals surface area contributed by atoms with Crippen LogP contribution in [0.25, 0.3) is 10.9 Å². The number of benzene rings is 3. The number of fused-ring (bicyclic) bond motifs is 1. The molecule has 0 saturated carbocycles. The van der Waals surface area contributed by atoms with Crippen LogP contribution >= 0.6 is 11.6 Å². The molecule has 0 aliphatic carbocycles. The second-order valence-electron chi connectivity index (χ2n) is 7.51. The molecule has 1 aromatic heterocycles. The van der Waals surface area contributed by atoms with Crippen LogP contribution in [0.3, 0.4) is 0 Å². The number of pyridine rings is 1. The highest BCUT2D eigenvalue weighted by Gasteiger charge is 2.34. The van der Waals surface area contributed by atoms with Crippen molar-refractivity contribution in [1.29, 1.82) is 0 Å². The molecule has 1 unspecified atom stereocenters. The second kappa shape index (κ2) is 8.81. The van der Waals surface area contributed by atoms with Crippen molar-refractivity contribution in [3.8, 4) is 5.75 Å². The number of hydrazone groups is 1. The number of amides is 1. The van der Waals surface area contributed by atoms with Gasteiger partial charge in [0, 0.05) is 23.0 Å². The standard InChI is InChI=1S/C26H20ClN3O2/c27-21-13-5-4-12-20(21)23-16-22(18-8-2-1-3-9-18)29-30(23)25(31)17-32-24-14-6-10-19-11-7-15-28-26(19)24/h1-15,23H,16-17H2. The lowest BCUT2D eigenvalue weighted by Crippen LogP contribution is -2.31. The molecule has 0 saturated heterocycles. The van der Waals surface area contributed by atoms with Gasteiger partial charge in [-0.15, -0.1) is 0 Å². The first-order chi connectivity index (χ1) is 15.7. The Hall–Kier alpha value is -3.70. The Labute approximate surface area is 190 Å². The number of ether oxygens (including phenoxy) is 1. The Morgan fingerprint density at radius 2 is 1.75 bits per heavy atom. The molecule has 1 aliphatic rings. The molecule has 0 bridgehead atoms. The molecule has 6 heteroatoms. The number of carbonyl (C=O) groups excluding carboxylic acids is 1. The smallest absolute Gasteiger partial charge is 0.281 e. The van der Waals surface area contributed by atoms with E-state index in [9.17, 15) is 4.79 Å². The number of nitrogens with zero attached hydrogens (tertiary/aromatic N) is 3. The lowest BCUT2D eigenvalue weighted by molar-refractivity contribution is -0.135. The quantitative estimate of drug-likeness (QED) is 0.402. The van der Waals surface area contributed by atoms with Gasteiger partial charge in [0.2, 0.25) is 0 Å². The molecule has 0 fully saturated rings. The monoisotopic (exact) mass is 441 g/mol. The molecule has 0 N–H and O–H groups in total. The highest BCUT2D eigenvalue weighted by Crippen LogP contribution is 2.36. The van der Waals surface area contributed by atoms with Crippen LogP contribution < -0.4 is 4.74 Å². The Morgan fingerprint density at radius 1 is 0.969 bits per heavy atom. The third-order valence-corrected chi connectivity index (χ3v) is 5.83. The summed E-state index contributed by atoms with van der Waals surface area (Å²) in [5.74, 6) is 0.325. The van der Waals surface area contributed by atoms with Crippen LogP contribution in [-0.2, 0) is 4.79 Å². The highest BCUT2D eigenvalue weighted by atomic mass is 35.5. The van der Waals surface area contributed by atoms with Gasteiger partial charge in [-0.2, -0.15) is 5.10 Å². The van der Waals surface area contributed by atoms with Crippen molar-refractivity contribution >= 4 is 34.1 Å². The van der Waals surface area contributed by atoms with Crippen molar-refractivity contribution in [2.24, 2.45) is 5.10 Å². The second-order valence-corrected chi connectivity index (χ2v) is 7.92. The Balaban J connectivity index is 1.43. The molecule has 32 heavy (non-hydrogen) atoms. The summed E-state index contributed by atoms with van der Waals surface area (Å²) in [5.41, 5.74) is 3.42. The lowest BCUT2D eigenvalue weighted by Gasteiger charge is -2.23. The molecule has 5 rings (SSSR count). The van der Waals surface area contributed by atoms with Crippen molar-refractivity contribution in [2.45, 2.75) is 12.5 Å². The van der Waals surface area contributed by atoms with Crippen molar-refractivity contribution in [2.75, 3.05) is 6.61 Å². The molecule has 158 valence electrons. The molecule has 1 aliphatic heterocycles. The number of carbonyl (C=O) groups is 1. The van der Waals surface area contributed by atoms with Crippen molar-refractivity contribution in [1.82, 2.24) is 9.99 Å². The molecule has 1 atom stereocenters. The van der Waals surface area contributed by atoms with Crippen molar-refractivity contribution in [3.05, 3.63) is 107 Å². The van der Waals surface area contributed by atoms with E-state index in [4.69, 9.17) is 16.3 Å². The summed E-state index contributed by atoms with van der Waals surface area (Å²) in [4.78, 5) is 17.6. The fourth-order valence-corrected chi connectivity index (χ4v) is 4.19. The van der Waals surface area contributed by atoms with Gasteiger partial charge in [0.05, 0.1) is 11.8 Å². The Morgan fingerprint density at radius 3 is 2.59 bits per heavy atom. The van der Waals surface area contributed by atoms with Gasteiger partial charge in [-0.25, -0.2) is 5.01 Å². The Bertz CT molecular complexity index is 1300. The first-order valence-corrected chi connectivity index (χ1v) is 10.7. The maximum absolute atomic E-state index is 13.3. The van der Waals surface area contributed by atoms with E-state index in [0.717, 1.165) is 27.7 Å². The topological polar surface area (TPSA) is 54.8 Å². The summed E-state index contributed by atoms with van der Waals surface area (Å²) in [5, 5.41) is 7.75. The predicted octanol–water partition coefficient (Wildman–Crippen LogP) is 5.64. The van der Waals surface area contributed by atoms with E-state index in [1.54, 1.807) is 6.20 Å². The summed E-state index contributed by atoms with van der Waals surface area (Å²) in [6.07, 6.45) is 2.29. The van der Waals surface area contributed by atoms with E-state index >= 15 is 0 Å². The first-order valence-electron chi connectivity index (χ1n) is 10.4. The van der Waals surface area contributed by atoms with Gasteiger partial charge in [-0.05, 0) is 29.3 Å². The van der Waals surface area contributed by atoms with Crippen LogP contribution in [-0.4, -0.2) is 28.2 Å². The molecule has 5 nitrogen and oxygen atoms in total. The minimum atomic E-state index is -0.291. The predicted molar refractivity (Wildman–Crippen MR) is 126 cm³/mol. The number of para-hydroxylation sites is 1. The largest absolute Gasteiger partial charge is 0.481 e. The fourth-order valence-electron chi connectivity index (χ4n) is 3.93. The molecule has 4 aromatic rings. The molecular weight excluding hydrogens is 422 g/mol. The minimum absolute atomic E-state index is 0.151. The average molecular weight is 442 g/mol. The van der Waals surface area contributed by atoms with E-state index < -0.39 is 0 Å². The maximum atomic E-state index is 13.3. The summed E-state index contributed by atoms with van der Waals surface area (Å²) in [7, 11) is 0. The van der Waals surface area contributed by atoms with E-state index in [2.05, 4.69) is 10.1 Å². The lowest BCUT2D eigenvalue weighted by atomic mass is 9.98. The van der Waals surface area contributed by atoms with E-state index in [1.165, 1.54) is 5.01 Å². The average Bonchev–Trinajstić information content (AvgIpc) is 3.29. The molecular formula is C26H20ClN3O2. The zero-order valence-corrected chi connectivity index (χ0v) is 17.9. The molecule has 1 amide bonds. The van der Waals surface area contributed by atoms with Crippen LogP contribution in [0.2, 0.25) is 5.02 Å². The van der Waals surface area contributed by atoms with Crippen LogP contribution in [0.4, 0.5) is 0 Å². The van der Waals surface area contributed by atoms with Gasteiger partial charge in [0.25, 0.3) is 5.91 Å². The van der Waals surface area contributed by atoms with E-state index in [0.29, 0.717) is 17.2 Å². The third kappa shape index (κ3) is 3.95. The summed E-state index contributed by atoms with van der Waals surface area (Å²) < 4.78 is 5.89. The van der Waals surface area contributed by atoms with Gasteiger partial charge in [-0.3, -0.25) is 9.78 Å². The molecule has 0 spiro atoms. The van der Waals surface area contributed by atoms with Gasteiger partial charge >= 0.3 is 0 Å². The van der Waals surface area contributed by atoms with Gasteiger partial charge in [0.1, 0.15) is 11.3 Å². The minimum Gasteiger partial charge on any atom is -0.481 e. The third-order valence-electron chi connectivity index (χ3n) is 5.48. The van der Waals surface area contributed by atoms with Gasteiger partial charge in [-0.1, -0.05) is 78.3 Å². The summed E-state index contributed by atoms with van der Waals surface area (Å²) in [6, 6.07) is 26.6. The van der Waals surface area contributed by atoms with Crippen LogP contribution in [0, 0.1) is 0 Å². The number of aromatic nitrogens is 1. The summed E-state index contributed by atoms with van der Waals surface area (Å²) in [6.45, 7) is -0.151. The molecule has 2 heterocycles. The number of hydrogen-bond donors (Lipinski definition) is 0. The zero-order valence-electron chi connectivity index (χ0n) is 17.2. The van der Waals surface area contributed by atoms with Gasteiger partial charge in [0.15, 0.2) is 6.61 Å². The van der Waals surface area contributed by atoms with E-state index in [1.807, 2.05) is 84.9 Å². The normalized spacial score (nSPS) is 15.6. The number of halogens is 1. The van der Waals surface area contributed by atoms with Crippen LogP contribution in [0.1, 0.15) is 23.6 Å². The molecule has 0 radical (unpaired) electrons. The Kier molecular flexibility index (Phi) is 5.57. The van der Waals surface area contributed by atoms with Crippen LogP contribution in [0.15, 0.2) is 96.2 Å². The van der Waals surface area contributed by atoms with Crippen LogP contribution in [0.5, 0.6) is 5.75 Å². The fraction of sp³-hybridized carbons (Fsp3) is 0.115. The highest BCUT2D eigenvalue weighted by molar-refractivity contribution is 6.31. The first kappa shape index (κ1) is 20.2. The van der Waals surface area contributed by atoms with Gasteiger partial charge < -0.3 is 4.74 Å². The van der Waals surface area contributed by atoms with Crippen molar-refractivity contribution in [3.63, 3.8) is 0 Å². The SMILES string of the molecule is O=C(COc1cccc2cccnc12)N1N=C(c2ccccc2)CC1c1ccccc1Cl. The number of hydrogen-bond acceptors (Lipinski definition) is 4. The number of rotatable bonds is 5. The zero-order chi connectivity index (χ0) is 21.9. The summed E-state index contributed by atoms with van der Waals surface area (Å²) >= 11 is 6.48. The van der Waals surface area contributed by atoms with Crippen molar-refractivity contribution < 1.29 is 9.53 Å². The van der Waals surface area contributed by atoms with E-state index in [-0.39, 0.29) is 18.6 Å².